The number of aryl methyl sites for hydroxylation is 1. The fraction of sp³-hybridized carbons (Fsp3) is 0.241. The van der Waals surface area contributed by atoms with Crippen molar-refractivity contribution in [1.29, 1.82) is 0 Å². The molecule has 2 N–H and O–H groups in total. The number of anilines is 4. The van der Waals surface area contributed by atoms with E-state index in [0.29, 0.717) is 38.5 Å². The number of nitrogens with zero attached hydrogens (tertiary/aromatic N) is 5. The van der Waals surface area contributed by atoms with Crippen LogP contribution in [-0.2, 0) is 6.61 Å². The van der Waals surface area contributed by atoms with E-state index in [1.165, 1.54) is 0 Å². The number of hydrogen-bond donors (Lipinski definition) is 2. The lowest BCUT2D eigenvalue weighted by atomic mass is 10.2. The number of halogens is 3. The summed E-state index contributed by atoms with van der Waals surface area (Å²) in [6, 6.07) is 16.4. The van der Waals surface area contributed by atoms with Crippen molar-refractivity contribution in [1.82, 2.24) is 15.0 Å². The predicted molar refractivity (Wildman–Crippen MR) is 168 cm³/mol. The molecule has 0 aliphatic heterocycles. The molecular weight excluding hydrogens is 585 g/mol. The van der Waals surface area contributed by atoms with Gasteiger partial charge in [0.25, 0.3) is 0 Å². The van der Waals surface area contributed by atoms with Crippen molar-refractivity contribution in [3.05, 3.63) is 86.4 Å². The Hall–Kier alpha value is -3.79. The normalized spacial score (nSPS) is 11.0. The van der Waals surface area contributed by atoms with E-state index in [9.17, 15) is 0 Å². The Morgan fingerprint density at radius 2 is 1.66 bits per heavy atom. The van der Waals surface area contributed by atoms with Crippen LogP contribution in [0.4, 0.5) is 23.5 Å². The van der Waals surface area contributed by atoms with E-state index in [4.69, 9.17) is 44.3 Å². The SMILES string of the molecule is CCN(CC)c1nc(N/N=C\c2ccc(OCc3ccc(Cl)cc3Cl)c(OC)c2)nc(Nc2ccc(C)c(Cl)c2)n1. The van der Waals surface area contributed by atoms with Crippen LogP contribution >= 0.6 is 34.8 Å². The minimum atomic E-state index is 0.265. The first-order valence-corrected chi connectivity index (χ1v) is 14.0. The van der Waals surface area contributed by atoms with Crippen LogP contribution in [0.3, 0.4) is 0 Å². The van der Waals surface area contributed by atoms with Crippen molar-refractivity contribution in [2.24, 2.45) is 5.10 Å². The lowest BCUT2D eigenvalue weighted by Gasteiger charge is -2.19. The summed E-state index contributed by atoms with van der Waals surface area (Å²) in [5.41, 5.74) is 6.24. The van der Waals surface area contributed by atoms with Gasteiger partial charge in [-0.05, 0) is 74.4 Å². The average molecular weight is 615 g/mol. The number of benzene rings is 3. The predicted octanol–water partition coefficient (Wildman–Crippen LogP) is 7.76. The number of hydrogen-bond acceptors (Lipinski definition) is 9. The summed E-state index contributed by atoms with van der Waals surface area (Å²) in [5, 5.41) is 9.29. The number of hydrazone groups is 1. The first-order chi connectivity index (χ1) is 19.8. The Morgan fingerprint density at radius 3 is 2.37 bits per heavy atom. The molecular formula is C29H30Cl3N7O2. The van der Waals surface area contributed by atoms with Gasteiger partial charge in [-0.25, -0.2) is 5.43 Å². The van der Waals surface area contributed by atoms with Gasteiger partial charge in [-0.1, -0.05) is 46.9 Å². The van der Waals surface area contributed by atoms with Crippen LogP contribution < -0.4 is 25.1 Å². The molecule has 0 saturated carbocycles. The topological polar surface area (TPSA) is 96.8 Å². The Kier molecular flexibility index (Phi) is 10.5. The van der Waals surface area contributed by atoms with E-state index in [2.05, 4.69) is 30.8 Å². The molecule has 0 bridgehead atoms. The molecule has 4 rings (SSSR count). The average Bonchev–Trinajstić information content (AvgIpc) is 2.95. The molecule has 1 aromatic heterocycles. The third-order valence-corrected chi connectivity index (χ3v) is 7.06. The lowest BCUT2D eigenvalue weighted by molar-refractivity contribution is 0.284. The molecule has 0 unspecified atom stereocenters. The summed E-state index contributed by atoms with van der Waals surface area (Å²) in [6.45, 7) is 7.75. The van der Waals surface area contributed by atoms with Crippen molar-refractivity contribution in [2.45, 2.75) is 27.4 Å². The fourth-order valence-electron chi connectivity index (χ4n) is 3.76. The Balaban J connectivity index is 1.49. The molecule has 12 heteroatoms. The lowest BCUT2D eigenvalue weighted by Crippen LogP contribution is -2.25. The van der Waals surface area contributed by atoms with Gasteiger partial charge >= 0.3 is 0 Å². The third-order valence-electron chi connectivity index (χ3n) is 6.06. The Labute approximate surface area is 254 Å². The van der Waals surface area contributed by atoms with Gasteiger partial charge in [0.15, 0.2) is 11.5 Å². The largest absolute Gasteiger partial charge is 0.493 e. The van der Waals surface area contributed by atoms with E-state index in [1.807, 2.05) is 62.1 Å². The third kappa shape index (κ3) is 8.13. The van der Waals surface area contributed by atoms with Crippen LogP contribution in [0.5, 0.6) is 11.5 Å². The molecule has 0 atom stereocenters. The minimum absolute atomic E-state index is 0.265. The summed E-state index contributed by atoms with van der Waals surface area (Å²) < 4.78 is 11.5. The van der Waals surface area contributed by atoms with Gasteiger partial charge in [0.1, 0.15) is 6.61 Å². The van der Waals surface area contributed by atoms with Crippen molar-refractivity contribution >= 4 is 64.5 Å². The number of rotatable bonds is 12. The minimum Gasteiger partial charge on any atom is -0.493 e. The monoisotopic (exact) mass is 613 g/mol. The number of methoxy groups -OCH3 is 1. The van der Waals surface area contributed by atoms with Gasteiger partial charge < -0.3 is 19.7 Å². The molecule has 0 spiro atoms. The first-order valence-electron chi connectivity index (χ1n) is 12.9. The molecule has 0 aliphatic rings. The van der Waals surface area contributed by atoms with E-state index < -0.39 is 0 Å². The second kappa shape index (κ2) is 14.2. The van der Waals surface area contributed by atoms with Crippen LogP contribution in [-0.4, -0.2) is 41.4 Å². The Bertz CT molecular complexity index is 1530. The molecule has 1 heterocycles. The fourth-order valence-corrected chi connectivity index (χ4v) is 4.40. The zero-order valence-electron chi connectivity index (χ0n) is 23.1. The molecule has 9 nitrogen and oxygen atoms in total. The molecule has 0 amide bonds. The van der Waals surface area contributed by atoms with Gasteiger partial charge in [0, 0.05) is 39.4 Å². The maximum atomic E-state index is 6.29. The summed E-state index contributed by atoms with van der Waals surface area (Å²) in [5.74, 6) is 2.28. The second-order valence-electron chi connectivity index (χ2n) is 8.85. The van der Waals surface area contributed by atoms with E-state index in [1.54, 1.807) is 31.5 Å². The first kappa shape index (κ1) is 30.2. The zero-order valence-corrected chi connectivity index (χ0v) is 25.3. The Morgan fingerprint density at radius 1 is 0.878 bits per heavy atom. The van der Waals surface area contributed by atoms with Crippen LogP contribution in [0.25, 0.3) is 0 Å². The zero-order chi connectivity index (χ0) is 29.4. The van der Waals surface area contributed by atoms with Gasteiger partial charge in [-0.2, -0.15) is 20.1 Å². The van der Waals surface area contributed by atoms with Crippen LogP contribution in [0.2, 0.25) is 15.1 Å². The molecule has 214 valence electrons. The summed E-state index contributed by atoms with van der Waals surface area (Å²) in [7, 11) is 1.58. The molecule has 0 saturated heterocycles. The van der Waals surface area contributed by atoms with E-state index in [0.717, 1.165) is 35.5 Å². The van der Waals surface area contributed by atoms with Crippen LogP contribution in [0.1, 0.15) is 30.5 Å². The molecule has 3 aromatic carbocycles. The maximum absolute atomic E-state index is 6.29. The molecule has 4 aromatic rings. The van der Waals surface area contributed by atoms with Gasteiger partial charge in [0.05, 0.1) is 13.3 Å². The molecule has 0 radical (unpaired) electrons. The molecule has 41 heavy (non-hydrogen) atoms. The van der Waals surface area contributed by atoms with Crippen LogP contribution in [0.15, 0.2) is 59.7 Å². The highest BCUT2D eigenvalue weighted by molar-refractivity contribution is 6.35. The highest BCUT2D eigenvalue weighted by Crippen LogP contribution is 2.30. The van der Waals surface area contributed by atoms with Crippen molar-refractivity contribution < 1.29 is 9.47 Å². The van der Waals surface area contributed by atoms with Crippen LogP contribution in [0, 0.1) is 6.92 Å². The van der Waals surface area contributed by atoms with E-state index >= 15 is 0 Å². The standard InChI is InChI=1S/C29H30Cl3N7O2/c1-5-39(6-2)29-36-27(34-22-11-7-18(3)23(31)15-22)35-28(37-29)38-33-16-19-8-12-25(26(13-19)40-4)41-17-20-9-10-21(30)14-24(20)32/h7-16H,5-6,17H2,1-4H3,(H2,34,35,36,37,38)/b33-16-. The second-order valence-corrected chi connectivity index (χ2v) is 10.1. The maximum Gasteiger partial charge on any atom is 0.250 e. The smallest absolute Gasteiger partial charge is 0.250 e. The number of aromatic nitrogens is 3. The van der Waals surface area contributed by atoms with Gasteiger partial charge in [0.2, 0.25) is 17.8 Å². The van der Waals surface area contributed by atoms with Gasteiger partial charge in [-0.3, -0.25) is 0 Å². The highest BCUT2D eigenvalue weighted by Gasteiger charge is 2.12. The van der Waals surface area contributed by atoms with Crippen molar-refractivity contribution in [3.63, 3.8) is 0 Å². The van der Waals surface area contributed by atoms with E-state index in [-0.39, 0.29) is 12.6 Å². The highest BCUT2D eigenvalue weighted by atomic mass is 35.5. The summed E-state index contributed by atoms with van der Waals surface area (Å²) in [6.07, 6.45) is 1.64. The molecule has 0 fully saturated rings. The van der Waals surface area contributed by atoms with Crippen molar-refractivity contribution in [2.75, 3.05) is 35.8 Å². The summed E-state index contributed by atoms with van der Waals surface area (Å²) in [4.78, 5) is 15.6. The summed E-state index contributed by atoms with van der Waals surface area (Å²) >= 11 is 18.5. The number of ether oxygens (including phenoxy) is 2. The number of nitrogens with one attached hydrogen (secondary N) is 2. The quantitative estimate of drug-likeness (QED) is 0.123. The van der Waals surface area contributed by atoms with Crippen molar-refractivity contribution in [3.8, 4) is 11.5 Å². The molecule has 0 aliphatic carbocycles. The van der Waals surface area contributed by atoms with Gasteiger partial charge in [-0.15, -0.1) is 0 Å².